The molecule has 2 unspecified atom stereocenters. The Morgan fingerprint density at radius 3 is 2.39 bits per heavy atom. The van der Waals surface area contributed by atoms with E-state index in [0.717, 1.165) is 16.1 Å². The minimum absolute atomic E-state index is 0.216. The van der Waals surface area contributed by atoms with Crippen LogP contribution in [0.4, 0.5) is 5.69 Å². The van der Waals surface area contributed by atoms with E-state index in [1.54, 1.807) is 12.1 Å². The molecule has 2 rings (SSSR count). The fourth-order valence-electron chi connectivity index (χ4n) is 3.02. The smallest absolute Gasteiger partial charge is 0.244 e. The molecular formula is C20H25ClN2O4S. The lowest BCUT2D eigenvalue weighted by Crippen LogP contribution is -2.48. The number of carbonyl (C=O) groups is 1. The van der Waals surface area contributed by atoms with Gasteiger partial charge < -0.3 is 10.1 Å². The molecular weight excluding hydrogens is 400 g/mol. The number of nitrogens with zero attached hydrogens (tertiary/aromatic N) is 1. The molecule has 0 aliphatic heterocycles. The van der Waals surface area contributed by atoms with Gasteiger partial charge in [-0.2, -0.15) is 0 Å². The Hall–Kier alpha value is -2.25. The van der Waals surface area contributed by atoms with Crippen molar-refractivity contribution in [3.05, 3.63) is 59.1 Å². The summed E-state index contributed by atoms with van der Waals surface area (Å²) in [6, 6.07) is 13.0. The lowest BCUT2D eigenvalue weighted by molar-refractivity contribution is -0.122. The zero-order valence-corrected chi connectivity index (χ0v) is 17.9. The first-order valence-electron chi connectivity index (χ1n) is 8.87. The second-order valence-electron chi connectivity index (χ2n) is 6.43. The number of ether oxygens (including phenoxy) is 1. The Morgan fingerprint density at radius 1 is 1.21 bits per heavy atom. The lowest BCUT2D eigenvalue weighted by atomic mass is 10.0. The number of benzene rings is 2. The van der Waals surface area contributed by atoms with E-state index in [2.05, 4.69) is 5.32 Å². The Labute approximate surface area is 171 Å². The first-order valence-corrected chi connectivity index (χ1v) is 11.1. The van der Waals surface area contributed by atoms with Crippen molar-refractivity contribution in [1.82, 2.24) is 5.32 Å². The van der Waals surface area contributed by atoms with Gasteiger partial charge in [-0.15, -0.1) is 0 Å². The Balaban J connectivity index is 2.37. The van der Waals surface area contributed by atoms with Gasteiger partial charge in [0.2, 0.25) is 15.9 Å². The maximum absolute atomic E-state index is 12.9. The lowest BCUT2D eigenvalue weighted by Gasteiger charge is -2.30. The van der Waals surface area contributed by atoms with Crippen LogP contribution < -0.4 is 14.4 Å². The van der Waals surface area contributed by atoms with Crippen LogP contribution >= 0.6 is 11.6 Å². The number of amides is 1. The Bertz CT molecular complexity index is 919. The van der Waals surface area contributed by atoms with Crippen LogP contribution in [0, 0.1) is 0 Å². The number of anilines is 1. The molecule has 0 saturated carbocycles. The quantitative estimate of drug-likeness (QED) is 0.699. The van der Waals surface area contributed by atoms with Gasteiger partial charge in [-0.05, 0) is 37.1 Å². The molecule has 1 amide bonds. The number of hydrogen-bond donors (Lipinski definition) is 1. The molecule has 0 fully saturated rings. The molecule has 0 aromatic heterocycles. The Morgan fingerprint density at radius 2 is 1.86 bits per heavy atom. The average molecular weight is 425 g/mol. The van der Waals surface area contributed by atoms with Crippen LogP contribution in [-0.2, 0) is 14.8 Å². The fraction of sp³-hybridized carbons (Fsp3) is 0.350. The van der Waals surface area contributed by atoms with Gasteiger partial charge in [-0.25, -0.2) is 8.42 Å². The highest BCUT2D eigenvalue weighted by Crippen LogP contribution is 2.34. The molecule has 28 heavy (non-hydrogen) atoms. The molecule has 6 nitrogen and oxygen atoms in total. The van der Waals surface area contributed by atoms with E-state index in [-0.39, 0.29) is 11.7 Å². The van der Waals surface area contributed by atoms with Crippen molar-refractivity contribution in [2.24, 2.45) is 0 Å². The standard InChI is InChI=1S/C20H25ClN2O4S/c1-5-17(15-9-7-6-8-10-15)22-20(24)14(2)23(28(4,25)26)18-13-16(21)11-12-19(18)27-3/h6-14,17H,5H2,1-4H3,(H,22,24). The summed E-state index contributed by atoms with van der Waals surface area (Å²) < 4.78 is 31.4. The highest BCUT2D eigenvalue weighted by Gasteiger charge is 2.32. The summed E-state index contributed by atoms with van der Waals surface area (Å²) in [6.07, 6.45) is 1.72. The fourth-order valence-corrected chi connectivity index (χ4v) is 4.35. The number of methoxy groups -OCH3 is 1. The summed E-state index contributed by atoms with van der Waals surface area (Å²) in [5, 5.41) is 3.28. The predicted octanol–water partition coefficient (Wildman–Crippen LogP) is 3.77. The maximum Gasteiger partial charge on any atom is 0.244 e. The minimum atomic E-state index is -3.78. The normalized spacial score (nSPS) is 13.5. The third-order valence-corrected chi connectivity index (χ3v) is 5.86. The van der Waals surface area contributed by atoms with Crippen LogP contribution in [0.3, 0.4) is 0 Å². The van der Waals surface area contributed by atoms with E-state index in [9.17, 15) is 13.2 Å². The summed E-state index contributed by atoms with van der Waals surface area (Å²) >= 11 is 6.06. The van der Waals surface area contributed by atoms with Crippen molar-refractivity contribution in [1.29, 1.82) is 0 Å². The largest absolute Gasteiger partial charge is 0.495 e. The summed E-state index contributed by atoms with van der Waals surface area (Å²) in [4.78, 5) is 12.9. The van der Waals surface area contributed by atoms with Crippen molar-refractivity contribution >= 4 is 33.2 Å². The molecule has 8 heteroatoms. The number of hydrogen-bond acceptors (Lipinski definition) is 4. The molecule has 0 bridgehead atoms. The van der Waals surface area contributed by atoms with Crippen LogP contribution in [0.1, 0.15) is 31.9 Å². The molecule has 2 atom stereocenters. The molecule has 0 radical (unpaired) electrons. The second kappa shape index (κ2) is 9.30. The van der Waals surface area contributed by atoms with Gasteiger partial charge >= 0.3 is 0 Å². The average Bonchev–Trinajstić information content (AvgIpc) is 2.65. The summed E-state index contributed by atoms with van der Waals surface area (Å²) in [6.45, 7) is 3.49. The summed E-state index contributed by atoms with van der Waals surface area (Å²) in [5.41, 5.74) is 1.17. The van der Waals surface area contributed by atoms with Crippen LogP contribution in [0.15, 0.2) is 48.5 Å². The van der Waals surface area contributed by atoms with E-state index in [1.807, 2.05) is 37.3 Å². The molecule has 2 aromatic rings. The predicted molar refractivity (Wildman–Crippen MR) is 112 cm³/mol. The van der Waals surface area contributed by atoms with Crippen LogP contribution in [0.5, 0.6) is 5.75 Å². The number of carbonyl (C=O) groups excluding carboxylic acids is 1. The van der Waals surface area contributed by atoms with Crippen LogP contribution in [0.2, 0.25) is 5.02 Å². The topological polar surface area (TPSA) is 75.7 Å². The molecule has 0 spiro atoms. The highest BCUT2D eigenvalue weighted by molar-refractivity contribution is 7.92. The van der Waals surface area contributed by atoms with Crippen molar-refractivity contribution < 1.29 is 17.9 Å². The summed E-state index contributed by atoms with van der Waals surface area (Å²) in [7, 11) is -2.35. The van der Waals surface area contributed by atoms with Gasteiger partial charge in [0, 0.05) is 5.02 Å². The van der Waals surface area contributed by atoms with Gasteiger partial charge in [0.25, 0.3) is 0 Å². The highest BCUT2D eigenvalue weighted by atomic mass is 35.5. The van der Waals surface area contributed by atoms with E-state index in [0.29, 0.717) is 17.2 Å². The molecule has 152 valence electrons. The second-order valence-corrected chi connectivity index (χ2v) is 8.73. The molecule has 0 heterocycles. The monoisotopic (exact) mass is 424 g/mol. The number of halogens is 1. The first-order chi connectivity index (χ1) is 13.2. The van der Waals surface area contributed by atoms with E-state index in [4.69, 9.17) is 16.3 Å². The maximum atomic E-state index is 12.9. The molecule has 2 aromatic carbocycles. The zero-order valence-electron chi connectivity index (χ0n) is 16.3. The number of rotatable bonds is 8. The Kier molecular flexibility index (Phi) is 7.32. The zero-order chi connectivity index (χ0) is 20.9. The summed E-state index contributed by atoms with van der Waals surface area (Å²) in [5.74, 6) is -0.104. The van der Waals surface area contributed by atoms with Crippen molar-refractivity contribution in [2.75, 3.05) is 17.7 Å². The van der Waals surface area contributed by atoms with Gasteiger partial charge in [-0.3, -0.25) is 9.10 Å². The van der Waals surface area contributed by atoms with Crippen molar-refractivity contribution in [2.45, 2.75) is 32.4 Å². The van der Waals surface area contributed by atoms with Crippen LogP contribution in [0.25, 0.3) is 0 Å². The van der Waals surface area contributed by atoms with Gasteiger partial charge in [0.1, 0.15) is 11.8 Å². The van der Waals surface area contributed by atoms with E-state index >= 15 is 0 Å². The number of sulfonamides is 1. The first kappa shape index (κ1) is 22.0. The number of nitrogens with one attached hydrogen (secondary N) is 1. The van der Waals surface area contributed by atoms with E-state index < -0.39 is 22.0 Å². The van der Waals surface area contributed by atoms with Gasteiger partial charge in [0.15, 0.2) is 0 Å². The van der Waals surface area contributed by atoms with Gasteiger partial charge in [-0.1, -0.05) is 48.9 Å². The minimum Gasteiger partial charge on any atom is -0.495 e. The molecule has 1 N–H and O–H groups in total. The third kappa shape index (κ3) is 5.17. The third-order valence-electron chi connectivity index (χ3n) is 4.39. The van der Waals surface area contributed by atoms with Crippen molar-refractivity contribution in [3.63, 3.8) is 0 Å². The molecule has 0 aliphatic carbocycles. The van der Waals surface area contributed by atoms with E-state index in [1.165, 1.54) is 20.1 Å². The van der Waals surface area contributed by atoms with Crippen molar-refractivity contribution in [3.8, 4) is 5.75 Å². The molecule has 0 aliphatic rings. The van der Waals surface area contributed by atoms with Gasteiger partial charge in [0.05, 0.1) is 25.1 Å². The van der Waals surface area contributed by atoms with Crippen LogP contribution in [-0.4, -0.2) is 33.7 Å². The SMILES string of the molecule is CCC(NC(=O)C(C)N(c1cc(Cl)ccc1OC)S(C)(=O)=O)c1ccccc1. The molecule has 0 saturated heterocycles.